The van der Waals surface area contributed by atoms with Crippen molar-refractivity contribution in [1.82, 2.24) is 5.43 Å². The van der Waals surface area contributed by atoms with Gasteiger partial charge >= 0.3 is 0 Å². The predicted octanol–water partition coefficient (Wildman–Crippen LogP) is 4.18. The van der Waals surface area contributed by atoms with E-state index in [1.54, 1.807) is 43.5 Å². The van der Waals surface area contributed by atoms with Crippen LogP contribution in [0.4, 0.5) is 5.00 Å². The Morgan fingerprint density at radius 1 is 1.21 bits per heavy atom. The molecule has 1 aromatic carbocycles. The molecule has 24 heavy (non-hydrogen) atoms. The van der Waals surface area contributed by atoms with Crippen LogP contribution in [0.2, 0.25) is 5.02 Å². The van der Waals surface area contributed by atoms with Gasteiger partial charge in [-0.25, -0.2) is 5.43 Å². The number of carbonyl (C=O) groups excluding carboxylic acids is 2. The van der Waals surface area contributed by atoms with Gasteiger partial charge in [0, 0.05) is 16.8 Å². The molecule has 0 unspecified atom stereocenters. The number of rotatable bonds is 5. The first-order chi connectivity index (χ1) is 11.5. The first kappa shape index (κ1) is 17.9. The molecule has 2 aromatic rings. The molecule has 0 saturated heterocycles. The lowest BCUT2D eigenvalue weighted by Crippen LogP contribution is -2.20. The summed E-state index contributed by atoms with van der Waals surface area (Å²) in [6, 6.07) is 8.84. The van der Waals surface area contributed by atoms with Crippen molar-refractivity contribution in [3.8, 4) is 0 Å². The van der Waals surface area contributed by atoms with Crippen molar-refractivity contribution in [1.29, 1.82) is 0 Å². The minimum atomic E-state index is -0.372. The number of thiophene rings is 1. The van der Waals surface area contributed by atoms with Crippen LogP contribution in [-0.4, -0.2) is 17.5 Å². The van der Waals surface area contributed by atoms with Crippen LogP contribution in [0.1, 0.15) is 29.8 Å². The molecule has 0 saturated carbocycles. The van der Waals surface area contributed by atoms with E-state index in [9.17, 15) is 9.59 Å². The molecule has 124 valence electrons. The second kappa shape index (κ2) is 8.42. The van der Waals surface area contributed by atoms with Gasteiger partial charge in [0.25, 0.3) is 5.91 Å². The fourth-order valence-electron chi connectivity index (χ4n) is 1.74. The van der Waals surface area contributed by atoms with Gasteiger partial charge in [-0.05, 0) is 43.0 Å². The highest BCUT2D eigenvalue weighted by Crippen LogP contribution is 2.23. The lowest BCUT2D eigenvalue weighted by atomic mass is 10.2. The summed E-state index contributed by atoms with van der Waals surface area (Å²) in [5, 5.41) is 9.31. The van der Waals surface area contributed by atoms with E-state index in [0.717, 1.165) is 11.3 Å². The number of nitrogens with zero attached hydrogens (tertiary/aromatic N) is 1. The summed E-state index contributed by atoms with van der Waals surface area (Å²) in [6.07, 6.45) is 2.99. The minimum absolute atomic E-state index is 0.346. The maximum absolute atomic E-state index is 12.0. The van der Waals surface area contributed by atoms with Crippen LogP contribution in [-0.2, 0) is 4.79 Å². The predicted molar refractivity (Wildman–Crippen MR) is 99.7 cm³/mol. The van der Waals surface area contributed by atoms with Crippen molar-refractivity contribution in [3.63, 3.8) is 0 Å². The molecule has 2 N–H and O–H groups in total. The molecule has 7 heteroatoms. The summed E-state index contributed by atoms with van der Waals surface area (Å²) in [5.74, 6) is -0.718. The van der Waals surface area contributed by atoms with Crippen molar-refractivity contribution in [2.45, 2.75) is 13.8 Å². The Hall–Kier alpha value is -2.44. The van der Waals surface area contributed by atoms with E-state index in [-0.39, 0.29) is 11.8 Å². The number of amides is 2. The van der Waals surface area contributed by atoms with Crippen LogP contribution in [0.3, 0.4) is 0 Å². The quantitative estimate of drug-likeness (QED) is 0.476. The van der Waals surface area contributed by atoms with Crippen molar-refractivity contribution in [2.24, 2.45) is 5.10 Å². The highest BCUT2D eigenvalue weighted by Gasteiger charge is 2.13. The summed E-state index contributed by atoms with van der Waals surface area (Å²) in [7, 11) is 0. The summed E-state index contributed by atoms with van der Waals surface area (Å²) in [6.45, 7) is 3.55. The molecule has 0 fully saturated rings. The number of benzene rings is 1. The number of hydrogen-bond acceptors (Lipinski definition) is 4. The lowest BCUT2D eigenvalue weighted by Gasteiger charge is -2.04. The van der Waals surface area contributed by atoms with Crippen LogP contribution in [0.25, 0.3) is 6.08 Å². The molecule has 1 heterocycles. The molecule has 0 atom stereocenters. The fourth-order valence-corrected chi connectivity index (χ4v) is 2.72. The monoisotopic (exact) mass is 361 g/mol. The average Bonchev–Trinajstić information content (AvgIpc) is 3.00. The van der Waals surface area contributed by atoms with Crippen molar-refractivity contribution in [2.75, 3.05) is 5.32 Å². The van der Waals surface area contributed by atoms with Crippen LogP contribution in [0.5, 0.6) is 0 Å². The Labute approximate surface area is 149 Å². The highest BCUT2D eigenvalue weighted by atomic mass is 35.5. The van der Waals surface area contributed by atoms with Gasteiger partial charge in [-0.1, -0.05) is 29.8 Å². The third kappa shape index (κ3) is 5.04. The van der Waals surface area contributed by atoms with Gasteiger partial charge in [0.15, 0.2) is 0 Å². The van der Waals surface area contributed by atoms with Gasteiger partial charge in [0.1, 0.15) is 5.00 Å². The molecule has 0 radical (unpaired) electrons. The SMILES string of the molecule is CC(C)=NNC(=O)c1ccsc1NC(=O)/C=C/c1ccccc1Cl. The molecule has 2 rings (SSSR count). The van der Waals surface area contributed by atoms with E-state index in [1.165, 1.54) is 17.4 Å². The minimum Gasteiger partial charge on any atom is -0.313 e. The first-order valence-electron chi connectivity index (χ1n) is 7.09. The Balaban J connectivity index is 2.05. The third-order valence-corrected chi connectivity index (χ3v) is 4.02. The normalized spacial score (nSPS) is 10.5. The molecule has 0 aliphatic rings. The van der Waals surface area contributed by atoms with Crippen LogP contribution in [0.15, 0.2) is 46.9 Å². The Bertz CT molecular complexity index is 808. The molecular weight excluding hydrogens is 346 g/mol. The maximum Gasteiger partial charge on any atom is 0.274 e. The van der Waals surface area contributed by atoms with E-state index in [4.69, 9.17) is 11.6 Å². The molecule has 0 spiro atoms. The topological polar surface area (TPSA) is 70.6 Å². The van der Waals surface area contributed by atoms with Crippen molar-refractivity contribution < 1.29 is 9.59 Å². The van der Waals surface area contributed by atoms with E-state index >= 15 is 0 Å². The standard InChI is InChI=1S/C17H16ClN3O2S/c1-11(2)20-21-16(23)13-9-10-24-17(13)19-15(22)8-7-12-5-3-4-6-14(12)18/h3-10H,1-2H3,(H,19,22)(H,21,23)/b8-7+. The molecule has 5 nitrogen and oxygen atoms in total. The molecule has 0 aliphatic heterocycles. The number of halogens is 1. The smallest absolute Gasteiger partial charge is 0.274 e. The third-order valence-electron chi connectivity index (χ3n) is 2.85. The second-order valence-electron chi connectivity index (χ2n) is 5.01. The number of carbonyl (C=O) groups is 2. The summed E-state index contributed by atoms with van der Waals surface area (Å²) >= 11 is 7.30. The summed E-state index contributed by atoms with van der Waals surface area (Å²) in [5.41, 5.74) is 4.27. The summed E-state index contributed by atoms with van der Waals surface area (Å²) < 4.78 is 0. The van der Waals surface area contributed by atoms with E-state index < -0.39 is 0 Å². The average molecular weight is 362 g/mol. The van der Waals surface area contributed by atoms with Crippen LogP contribution < -0.4 is 10.7 Å². The number of hydrazone groups is 1. The molecular formula is C17H16ClN3O2S. The molecule has 0 bridgehead atoms. The molecule has 1 aromatic heterocycles. The van der Waals surface area contributed by atoms with Gasteiger partial charge < -0.3 is 5.32 Å². The van der Waals surface area contributed by atoms with Gasteiger partial charge in [-0.2, -0.15) is 5.10 Å². The molecule has 0 aliphatic carbocycles. The van der Waals surface area contributed by atoms with Gasteiger partial charge in [0.2, 0.25) is 5.91 Å². The van der Waals surface area contributed by atoms with Crippen molar-refractivity contribution in [3.05, 3.63) is 57.9 Å². The fraction of sp³-hybridized carbons (Fsp3) is 0.118. The van der Waals surface area contributed by atoms with E-state index in [0.29, 0.717) is 15.6 Å². The number of anilines is 1. The number of hydrogen-bond donors (Lipinski definition) is 2. The number of nitrogens with one attached hydrogen (secondary N) is 2. The Morgan fingerprint density at radius 2 is 1.96 bits per heavy atom. The van der Waals surface area contributed by atoms with Crippen LogP contribution in [0, 0.1) is 0 Å². The van der Waals surface area contributed by atoms with E-state index in [1.807, 2.05) is 12.1 Å². The summed E-state index contributed by atoms with van der Waals surface area (Å²) in [4.78, 5) is 24.1. The largest absolute Gasteiger partial charge is 0.313 e. The van der Waals surface area contributed by atoms with Crippen LogP contribution >= 0.6 is 22.9 Å². The lowest BCUT2D eigenvalue weighted by molar-refractivity contribution is -0.111. The zero-order valence-electron chi connectivity index (χ0n) is 13.2. The first-order valence-corrected chi connectivity index (χ1v) is 8.35. The highest BCUT2D eigenvalue weighted by molar-refractivity contribution is 7.14. The Kier molecular flexibility index (Phi) is 6.28. The Morgan fingerprint density at radius 3 is 2.67 bits per heavy atom. The van der Waals surface area contributed by atoms with Crippen molar-refractivity contribution >= 4 is 51.5 Å². The van der Waals surface area contributed by atoms with Gasteiger partial charge in [-0.15, -0.1) is 11.3 Å². The van der Waals surface area contributed by atoms with Gasteiger partial charge in [-0.3, -0.25) is 9.59 Å². The zero-order chi connectivity index (χ0) is 17.5. The second-order valence-corrected chi connectivity index (χ2v) is 6.33. The molecule has 2 amide bonds. The van der Waals surface area contributed by atoms with E-state index in [2.05, 4.69) is 15.8 Å². The van der Waals surface area contributed by atoms with Gasteiger partial charge in [0.05, 0.1) is 5.56 Å². The zero-order valence-corrected chi connectivity index (χ0v) is 14.7. The maximum atomic E-state index is 12.0.